The van der Waals surface area contributed by atoms with Crippen molar-refractivity contribution in [3.8, 4) is 0 Å². The fraction of sp³-hybridized carbons (Fsp3) is 0.222. The SMILES string of the molecule is CCSNC(=O)c1ccc(Cl)cc1. The molecule has 0 aromatic heterocycles. The Kier molecular flexibility index (Phi) is 4.12. The number of carbonyl (C=O) groups is 1. The van der Waals surface area contributed by atoms with E-state index in [0.29, 0.717) is 10.6 Å². The Morgan fingerprint density at radius 1 is 1.46 bits per heavy atom. The van der Waals surface area contributed by atoms with Gasteiger partial charge in [-0.05, 0) is 24.3 Å². The molecule has 0 aliphatic carbocycles. The van der Waals surface area contributed by atoms with Gasteiger partial charge in [-0.2, -0.15) is 0 Å². The summed E-state index contributed by atoms with van der Waals surface area (Å²) in [5, 5.41) is 0.639. The molecule has 0 heterocycles. The Morgan fingerprint density at radius 3 is 2.62 bits per heavy atom. The molecule has 2 nitrogen and oxygen atoms in total. The van der Waals surface area contributed by atoms with Crippen molar-refractivity contribution in [1.29, 1.82) is 0 Å². The van der Waals surface area contributed by atoms with Crippen molar-refractivity contribution in [3.05, 3.63) is 34.9 Å². The Balaban J connectivity index is 2.61. The Hall–Kier alpha value is -0.670. The van der Waals surface area contributed by atoms with E-state index in [0.717, 1.165) is 5.75 Å². The highest BCUT2D eigenvalue weighted by molar-refractivity contribution is 7.97. The molecule has 0 bridgehead atoms. The number of hydrogen-bond donors (Lipinski definition) is 1. The van der Waals surface area contributed by atoms with Crippen molar-refractivity contribution < 1.29 is 4.79 Å². The summed E-state index contributed by atoms with van der Waals surface area (Å²) in [5.74, 6) is 0.780. The van der Waals surface area contributed by atoms with Crippen molar-refractivity contribution in [2.45, 2.75) is 6.92 Å². The molecule has 0 aliphatic heterocycles. The van der Waals surface area contributed by atoms with Gasteiger partial charge in [-0.15, -0.1) is 0 Å². The molecule has 0 unspecified atom stereocenters. The maximum Gasteiger partial charge on any atom is 0.261 e. The lowest BCUT2D eigenvalue weighted by Gasteiger charge is -2.01. The van der Waals surface area contributed by atoms with Crippen LogP contribution in [0.5, 0.6) is 0 Å². The van der Waals surface area contributed by atoms with Gasteiger partial charge in [-0.25, -0.2) is 0 Å². The lowest BCUT2D eigenvalue weighted by molar-refractivity contribution is 0.0984. The van der Waals surface area contributed by atoms with E-state index in [4.69, 9.17) is 11.6 Å². The van der Waals surface area contributed by atoms with Crippen LogP contribution >= 0.6 is 23.5 Å². The minimum absolute atomic E-state index is 0.0801. The maximum absolute atomic E-state index is 11.3. The highest BCUT2D eigenvalue weighted by Crippen LogP contribution is 2.09. The summed E-state index contributed by atoms with van der Waals surface area (Å²) in [6, 6.07) is 6.81. The van der Waals surface area contributed by atoms with Gasteiger partial charge in [0.25, 0.3) is 5.91 Å². The van der Waals surface area contributed by atoms with Crippen LogP contribution in [0.2, 0.25) is 5.02 Å². The monoisotopic (exact) mass is 215 g/mol. The van der Waals surface area contributed by atoms with Gasteiger partial charge in [0.15, 0.2) is 0 Å². The molecule has 13 heavy (non-hydrogen) atoms. The zero-order valence-corrected chi connectivity index (χ0v) is 8.78. The van der Waals surface area contributed by atoms with Crippen LogP contribution in [-0.2, 0) is 0 Å². The summed E-state index contributed by atoms with van der Waals surface area (Å²) in [6.07, 6.45) is 0. The van der Waals surface area contributed by atoms with Gasteiger partial charge in [0.2, 0.25) is 0 Å². The van der Waals surface area contributed by atoms with E-state index in [1.807, 2.05) is 6.92 Å². The number of carbonyl (C=O) groups excluding carboxylic acids is 1. The number of amides is 1. The normalized spacial score (nSPS) is 9.69. The van der Waals surface area contributed by atoms with E-state index in [2.05, 4.69) is 4.72 Å². The highest BCUT2D eigenvalue weighted by atomic mass is 35.5. The van der Waals surface area contributed by atoms with E-state index < -0.39 is 0 Å². The summed E-state index contributed by atoms with van der Waals surface area (Å²) < 4.78 is 2.70. The first-order valence-corrected chi connectivity index (χ1v) is 5.28. The topological polar surface area (TPSA) is 29.1 Å². The third-order valence-corrected chi connectivity index (χ3v) is 2.29. The van der Waals surface area contributed by atoms with Gasteiger partial charge in [0.1, 0.15) is 0 Å². The van der Waals surface area contributed by atoms with E-state index in [1.54, 1.807) is 24.3 Å². The lowest BCUT2D eigenvalue weighted by Crippen LogP contribution is -2.15. The summed E-state index contributed by atoms with van der Waals surface area (Å²) in [4.78, 5) is 11.3. The molecule has 1 aromatic rings. The second-order valence-corrected chi connectivity index (χ2v) is 3.88. The molecular weight excluding hydrogens is 206 g/mol. The summed E-state index contributed by atoms with van der Waals surface area (Å²) in [5.41, 5.74) is 0.630. The second-order valence-electron chi connectivity index (χ2n) is 2.37. The average Bonchev–Trinajstić information content (AvgIpc) is 2.15. The first kappa shape index (κ1) is 10.4. The first-order chi connectivity index (χ1) is 6.24. The van der Waals surface area contributed by atoms with Crippen molar-refractivity contribution >= 4 is 29.5 Å². The third-order valence-electron chi connectivity index (χ3n) is 1.42. The predicted molar refractivity (Wildman–Crippen MR) is 57.1 cm³/mol. The van der Waals surface area contributed by atoms with E-state index in [-0.39, 0.29) is 5.91 Å². The zero-order valence-electron chi connectivity index (χ0n) is 7.21. The molecule has 0 saturated heterocycles. The summed E-state index contributed by atoms with van der Waals surface area (Å²) in [7, 11) is 0. The Labute approximate surface area is 86.8 Å². The molecule has 0 aliphatic rings. The van der Waals surface area contributed by atoms with Crippen molar-refractivity contribution in [2.75, 3.05) is 5.75 Å². The molecular formula is C9H10ClNOS. The molecule has 0 radical (unpaired) electrons. The largest absolute Gasteiger partial charge is 0.296 e. The van der Waals surface area contributed by atoms with E-state index in [9.17, 15) is 4.79 Å². The lowest BCUT2D eigenvalue weighted by atomic mass is 10.2. The maximum atomic E-state index is 11.3. The smallest absolute Gasteiger partial charge is 0.261 e. The van der Waals surface area contributed by atoms with Crippen LogP contribution < -0.4 is 4.72 Å². The average molecular weight is 216 g/mol. The van der Waals surface area contributed by atoms with Crippen LogP contribution in [0.3, 0.4) is 0 Å². The quantitative estimate of drug-likeness (QED) is 0.786. The molecule has 1 aromatic carbocycles. The molecule has 1 N–H and O–H groups in total. The third kappa shape index (κ3) is 3.28. The molecule has 1 amide bonds. The van der Waals surface area contributed by atoms with Gasteiger partial charge in [-0.1, -0.05) is 30.5 Å². The number of halogens is 1. The number of hydrogen-bond acceptors (Lipinski definition) is 2. The molecule has 1 rings (SSSR count). The van der Waals surface area contributed by atoms with Crippen molar-refractivity contribution in [3.63, 3.8) is 0 Å². The first-order valence-electron chi connectivity index (χ1n) is 3.91. The molecule has 4 heteroatoms. The minimum Gasteiger partial charge on any atom is -0.296 e. The molecule has 70 valence electrons. The van der Waals surface area contributed by atoms with Crippen LogP contribution in [0.4, 0.5) is 0 Å². The number of benzene rings is 1. The van der Waals surface area contributed by atoms with Crippen LogP contribution in [0.1, 0.15) is 17.3 Å². The number of nitrogens with one attached hydrogen (secondary N) is 1. The van der Waals surface area contributed by atoms with Crippen LogP contribution in [0.15, 0.2) is 24.3 Å². The fourth-order valence-corrected chi connectivity index (χ4v) is 1.32. The second kappa shape index (κ2) is 5.14. The van der Waals surface area contributed by atoms with E-state index >= 15 is 0 Å². The van der Waals surface area contributed by atoms with Gasteiger partial charge in [-0.3, -0.25) is 9.52 Å². The molecule has 0 spiro atoms. The van der Waals surface area contributed by atoms with Gasteiger partial charge in [0, 0.05) is 16.3 Å². The van der Waals surface area contributed by atoms with Gasteiger partial charge < -0.3 is 0 Å². The van der Waals surface area contributed by atoms with Crippen molar-refractivity contribution in [1.82, 2.24) is 4.72 Å². The molecule has 0 saturated carbocycles. The standard InChI is InChI=1S/C9H10ClNOS/c1-2-13-11-9(12)7-3-5-8(10)6-4-7/h3-6H,2H2,1H3,(H,11,12). The van der Waals surface area contributed by atoms with Crippen LogP contribution in [0, 0.1) is 0 Å². The fourth-order valence-electron chi connectivity index (χ4n) is 0.798. The molecule has 0 atom stereocenters. The van der Waals surface area contributed by atoms with Crippen LogP contribution in [0.25, 0.3) is 0 Å². The number of rotatable bonds is 3. The Bertz CT molecular complexity index is 286. The Morgan fingerprint density at radius 2 is 2.08 bits per heavy atom. The van der Waals surface area contributed by atoms with Crippen molar-refractivity contribution in [2.24, 2.45) is 0 Å². The highest BCUT2D eigenvalue weighted by Gasteiger charge is 2.03. The van der Waals surface area contributed by atoms with E-state index in [1.165, 1.54) is 11.9 Å². The predicted octanol–water partition coefficient (Wildman–Crippen LogP) is 2.74. The molecule has 0 fully saturated rings. The van der Waals surface area contributed by atoms with Gasteiger partial charge in [0.05, 0.1) is 0 Å². The van der Waals surface area contributed by atoms with Gasteiger partial charge >= 0.3 is 0 Å². The zero-order chi connectivity index (χ0) is 9.68. The summed E-state index contributed by atoms with van der Waals surface area (Å²) in [6.45, 7) is 1.98. The van der Waals surface area contributed by atoms with Crippen LogP contribution in [-0.4, -0.2) is 11.7 Å². The minimum atomic E-state index is -0.0801. The summed E-state index contributed by atoms with van der Waals surface area (Å²) >= 11 is 7.07.